The topological polar surface area (TPSA) is 35.5 Å². The predicted molar refractivity (Wildman–Crippen MR) is 69.7 cm³/mol. The Morgan fingerprint density at radius 1 is 1.06 bits per heavy atom. The van der Waals surface area contributed by atoms with Crippen LogP contribution in [0.25, 0.3) is 0 Å². The zero-order chi connectivity index (χ0) is 12.8. The van der Waals surface area contributed by atoms with E-state index in [0.717, 1.165) is 32.0 Å². The van der Waals surface area contributed by atoms with Crippen molar-refractivity contribution >= 4 is 6.29 Å². The minimum Gasteiger partial charge on any atom is -0.464 e. The highest BCUT2D eigenvalue weighted by molar-refractivity contribution is 5.69. The maximum atomic E-state index is 10.7. The Labute approximate surface area is 105 Å². The quantitative estimate of drug-likeness (QED) is 0.171. The predicted octanol–water partition coefficient (Wildman–Crippen LogP) is 3.83. The van der Waals surface area contributed by atoms with E-state index >= 15 is 0 Å². The second-order valence-corrected chi connectivity index (χ2v) is 4.10. The molecule has 0 fully saturated rings. The molecule has 0 bridgehead atoms. The number of hydrogen-bond donors (Lipinski definition) is 0. The average Bonchev–Trinajstić information content (AvgIpc) is 2.36. The zero-order valence-electron chi connectivity index (χ0n) is 11.2. The van der Waals surface area contributed by atoms with Gasteiger partial charge in [-0.05, 0) is 25.3 Å². The van der Waals surface area contributed by atoms with Crippen LogP contribution in [0.2, 0.25) is 0 Å². The summed E-state index contributed by atoms with van der Waals surface area (Å²) in [6.45, 7) is 5.17. The molecule has 3 heteroatoms. The largest absolute Gasteiger partial charge is 0.464 e. The van der Waals surface area contributed by atoms with Crippen molar-refractivity contribution in [1.82, 2.24) is 0 Å². The van der Waals surface area contributed by atoms with E-state index in [1.165, 1.54) is 19.3 Å². The molecule has 0 aromatic carbocycles. The number of ether oxygens (including phenoxy) is 2. The third kappa shape index (κ3) is 11.4. The van der Waals surface area contributed by atoms with Gasteiger partial charge in [-0.25, -0.2) is 0 Å². The average molecular weight is 242 g/mol. The van der Waals surface area contributed by atoms with Gasteiger partial charge in [0.15, 0.2) is 18.8 Å². The van der Waals surface area contributed by atoms with Crippen LogP contribution >= 0.6 is 0 Å². The highest BCUT2D eigenvalue weighted by Crippen LogP contribution is 2.05. The summed E-state index contributed by atoms with van der Waals surface area (Å²) in [5, 5.41) is 0. The minimum atomic E-state index is 0.180. The summed E-state index contributed by atoms with van der Waals surface area (Å²) in [7, 11) is 0. The van der Waals surface area contributed by atoms with Crippen LogP contribution in [0.4, 0.5) is 0 Å². The van der Waals surface area contributed by atoms with E-state index in [2.05, 4.69) is 13.8 Å². The van der Waals surface area contributed by atoms with Gasteiger partial charge < -0.3 is 9.47 Å². The van der Waals surface area contributed by atoms with Crippen molar-refractivity contribution in [2.75, 3.05) is 13.4 Å². The van der Waals surface area contributed by atoms with Crippen LogP contribution < -0.4 is 0 Å². The van der Waals surface area contributed by atoms with Gasteiger partial charge in [-0.3, -0.25) is 4.79 Å². The first-order valence-electron chi connectivity index (χ1n) is 6.71. The van der Waals surface area contributed by atoms with Crippen LogP contribution in [0, 0.1) is 0 Å². The Balaban J connectivity index is 3.52. The SMILES string of the molecule is CCCCCC/C=C(\C=O)OCOCCCC. The number of carbonyl (C=O) groups excluding carboxylic acids is 1. The summed E-state index contributed by atoms with van der Waals surface area (Å²) in [5.41, 5.74) is 0. The van der Waals surface area contributed by atoms with Crippen LogP contribution in [0.1, 0.15) is 58.8 Å². The number of unbranched alkanes of at least 4 members (excludes halogenated alkanes) is 5. The fourth-order valence-corrected chi connectivity index (χ4v) is 1.37. The molecule has 0 aromatic rings. The van der Waals surface area contributed by atoms with Gasteiger partial charge >= 0.3 is 0 Å². The molecule has 17 heavy (non-hydrogen) atoms. The smallest absolute Gasteiger partial charge is 0.189 e. The van der Waals surface area contributed by atoms with Crippen LogP contribution in [-0.4, -0.2) is 19.7 Å². The lowest BCUT2D eigenvalue weighted by Gasteiger charge is -2.06. The van der Waals surface area contributed by atoms with Crippen molar-refractivity contribution in [3.8, 4) is 0 Å². The fraction of sp³-hybridized carbons (Fsp3) is 0.786. The van der Waals surface area contributed by atoms with Gasteiger partial charge in [-0.15, -0.1) is 0 Å². The molecule has 0 aliphatic carbocycles. The maximum absolute atomic E-state index is 10.7. The monoisotopic (exact) mass is 242 g/mol. The Kier molecular flexibility index (Phi) is 12.6. The lowest BCUT2D eigenvalue weighted by atomic mass is 10.1. The molecule has 0 saturated carbocycles. The molecule has 0 saturated heterocycles. The van der Waals surface area contributed by atoms with Gasteiger partial charge in [0.2, 0.25) is 0 Å². The van der Waals surface area contributed by atoms with Crippen molar-refractivity contribution in [2.45, 2.75) is 58.8 Å². The van der Waals surface area contributed by atoms with Crippen LogP contribution in [-0.2, 0) is 14.3 Å². The van der Waals surface area contributed by atoms with E-state index in [0.29, 0.717) is 12.4 Å². The molecular weight excluding hydrogens is 216 g/mol. The number of allylic oxidation sites excluding steroid dienone is 2. The fourth-order valence-electron chi connectivity index (χ4n) is 1.37. The van der Waals surface area contributed by atoms with Crippen molar-refractivity contribution in [2.24, 2.45) is 0 Å². The minimum absolute atomic E-state index is 0.180. The first-order chi connectivity index (χ1) is 8.35. The molecule has 0 atom stereocenters. The second kappa shape index (κ2) is 13.2. The Hall–Kier alpha value is -0.830. The van der Waals surface area contributed by atoms with E-state index in [9.17, 15) is 4.79 Å². The number of aldehydes is 1. The lowest BCUT2D eigenvalue weighted by Crippen LogP contribution is -2.02. The van der Waals surface area contributed by atoms with Crippen LogP contribution in [0.3, 0.4) is 0 Å². The summed E-state index contributed by atoms with van der Waals surface area (Å²) in [6, 6.07) is 0. The Morgan fingerprint density at radius 3 is 2.47 bits per heavy atom. The van der Waals surface area contributed by atoms with Crippen LogP contribution in [0.15, 0.2) is 11.8 Å². The summed E-state index contributed by atoms with van der Waals surface area (Å²) in [5.74, 6) is 0.401. The standard InChI is InChI=1S/C14H26O3/c1-3-5-7-8-9-10-14(12-15)17-13-16-11-6-4-2/h10,12H,3-9,11,13H2,1-2H3/b14-10+. The zero-order valence-corrected chi connectivity index (χ0v) is 11.2. The van der Waals surface area contributed by atoms with Crippen molar-refractivity contribution in [3.63, 3.8) is 0 Å². The maximum Gasteiger partial charge on any atom is 0.189 e. The molecule has 0 unspecified atom stereocenters. The first kappa shape index (κ1) is 16.2. The summed E-state index contributed by atoms with van der Waals surface area (Å²) in [4.78, 5) is 10.7. The van der Waals surface area contributed by atoms with Gasteiger partial charge in [0, 0.05) is 0 Å². The van der Waals surface area contributed by atoms with E-state index in [-0.39, 0.29) is 6.79 Å². The molecule has 0 N–H and O–H groups in total. The highest BCUT2D eigenvalue weighted by atomic mass is 16.7. The van der Waals surface area contributed by atoms with E-state index in [1.807, 2.05) is 6.08 Å². The molecule has 0 aromatic heterocycles. The Bertz CT molecular complexity index is 200. The van der Waals surface area contributed by atoms with Crippen molar-refractivity contribution < 1.29 is 14.3 Å². The van der Waals surface area contributed by atoms with Gasteiger partial charge in [0.25, 0.3) is 0 Å². The third-order valence-electron chi connectivity index (χ3n) is 2.47. The molecular formula is C14H26O3. The molecule has 100 valence electrons. The summed E-state index contributed by atoms with van der Waals surface area (Å²) in [6.07, 6.45) is 10.5. The molecule has 0 rings (SSSR count). The number of hydrogen-bond acceptors (Lipinski definition) is 3. The van der Waals surface area contributed by atoms with Crippen molar-refractivity contribution in [1.29, 1.82) is 0 Å². The molecule has 3 nitrogen and oxygen atoms in total. The Morgan fingerprint density at radius 2 is 1.82 bits per heavy atom. The van der Waals surface area contributed by atoms with Crippen LogP contribution in [0.5, 0.6) is 0 Å². The molecule has 0 radical (unpaired) electrons. The third-order valence-corrected chi connectivity index (χ3v) is 2.47. The normalized spacial score (nSPS) is 11.5. The van der Waals surface area contributed by atoms with E-state index in [1.54, 1.807) is 0 Å². The summed E-state index contributed by atoms with van der Waals surface area (Å²) >= 11 is 0. The molecule has 0 spiro atoms. The second-order valence-electron chi connectivity index (χ2n) is 4.10. The van der Waals surface area contributed by atoms with Gasteiger partial charge in [-0.2, -0.15) is 0 Å². The number of carbonyl (C=O) groups is 1. The van der Waals surface area contributed by atoms with Gasteiger partial charge in [0.05, 0.1) is 6.61 Å². The van der Waals surface area contributed by atoms with Gasteiger partial charge in [0.1, 0.15) is 0 Å². The van der Waals surface area contributed by atoms with Crippen molar-refractivity contribution in [3.05, 3.63) is 11.8 Å². The van der Waals surface area contributed by atoms with E-state index in [4.69, 9.17) is 9.47 Å². The molecule has 0 aliphatic rings. The van der Waals surface area contributed by atoms with E-state index < -0.39 is 0 Å². The molecule has 0 amide bonds. The lowest BCUT2D eigenvalue weighted by molar-refractivity contribution is -0.111. The highest BCUT2D eigenvalue weighted by Gasteiger charge is 1.96. The van der Waals surface area contributed by atoms with Gasteiger partial charge in [-0.1, -0.05) is 39.5 Å². The summed E-state index contributed by atoms with van der Waals surface area (Å²) < 4.78 is 10.4. The first-order valence-corrected chi connectivity index (χ1v) is 6.71. The molecule has 0 aliphatic heterocycles. The molecule has 0 heterocycles. The number of rotatable bonds is 12.